The third-order valence-corrected chi connectivity index (χ3v) is 7.59. The Morgan fingerprint density at radius 3 is 2.08 bits per heavy atom. The molecule has 1 aliphatic rings. The van der Waals surface area contributed by atoms with Crippen molar-refractivity contribution < 1.29 is 9.53 Å². The first kappa shape index (κ1) is 26.7. The van der Waals surface area contributed by atoms with Crippen LogP contribution in [0.25, 0.3) is 6.08 Å². The number of hydrogen-bond acceptors (Lipinski definition) is 4. The minimum atomic E-state index is -0.178. The van der Waals surface area contributed by atoms with E-state index >= 15 is 0 Å². The SMILES string of the molecule is O=C1/C(=C/c2ccc(OCc3ccc(Cl)cc3Cl)cc2)SC(=Nc2ccc(Cl)cc2)N1c1ccc(Cl)cc1. The Balaban J connectivity index is 1.38. The van der Waals surface area contributed by atoms with Gasteiger partial charge in [0.15, 0.2) is 5.17 Å². The predicted molar refractivity (Wildman–Crippen MR) is 160 cm³/mol. The number of amidine groups is 1. The van der Waals surface area contributed by atoms with Gasteiger partial charge in [-0.05, 0) is 96.2 Å². The summed E-state index contributed by atoms with van der Waals surface area (Å²) < 4.78 is 5.87. The van der Waals surface area contributed by atoms with Gasteiger partial charge in [0, 0.05) is 25.7 Å². The van der Waals surface area contributed by atoms with Crippen molar-refractivity contribution in [3.63, 3.8) is 0 Å². The van der Waals surface area contributed by atoms with Crippen LogP contribution in [0.4, 0.5) is 11.4 Å². The molecule has 0 spiro atoms. The number of nitrogens with zero attached hydrogens (tertiary/aromatic N) is 2. The number of anilines is 1. The number of thioether (sulfide) groups is 1. The number of rotatable bonds is 6. The molecule has 0 aromatic heterocycles. The lowest BCUT2D eigenvalue weighted by molar-refractivity contribution is -0.113. The number of halogens is 4. The molecule has 0 saturated carbocycles. The lowest BCUT2D eigenvalue weighted by Gasteiger charge is -2.15. The average Bonchev–Trinajstić information content (AvgIpc) is 3.20. The molecule has 0 radical (unpaired) electrons. The number of amides is 1. The molecule has 1 saturated heterocycles. The summed E-state index contributed by atoms with van der Waals surface area (Å²) in [5.74, 6) is 0.499. The zero-order valence-electron chi connectivity index (χ0n) is 19.6. The summed E-state index contributed by atoms with van der Waals surface area (Å²) in [4.78, 5) is 20.3. The highest BCUT2D eigenvalue weighted by Crippen LogP contribution is 2.38. The molecule has 1 amide bonds. The van der Waals surface area contributed by atoms with E-state index in [1.807, 2.05) is 36.4 Å². The summed E-state index contributed by atoms with van der Waals surface area (Å²) in [7, 11) is 0. The van der Waals surface area contributed by atoms with Crippen LogP contribution in [0, 0.1) is 0 Å². The van der Waals surface area contributed by atoms with E-state index in [4.69, 9.17) is 56.1 Å². The first-order chi connectivity index (χ1) is 18.4. The quantitative estimate of drug-likeness (QED) is 0.207. The first-order valence-electron chi connectivity index (χ1n) is 11.4. The topological polar surface area (TPSA) is 41.9 Å². The summed E-state index contributed by atoms with van der Waals surface area (Å²) in [5, 5.41) is 2.86. The van der Waals surface area contributed by atoms with E-state index in [2.05, 4.69) is 0 Å². The Morgan fingerprint density at radius 1 is 0.789 bits per heavy atom. The van der Waals surface area contributed by atoms with Crippen LogP contribution >= 0.6 is 58.2 Å². The van der Waals surface area contributed by atoms with E-state index in [-0.39, 0.29) is 5.91 Å². The molecule has 4 nitrogen and oxygen atoms in total. The second kappa shape index (κ2) is 11.9. The molecule has 1 aliphatic heterocycles. The van der Waals surface area contributed by atoms with Crippen molar-refractivity contribution >= 4 is 86.7 Å². The number of aliphatic imine (C=N–C) groups is 1. The van der Waals surface area contributed by atoms with Gasteiger partial charge in [0.05, 0.1) is 16.3 Å². The van der Waals surface area contributed by atoms with Crippen LogP contribution in [0.15, 0.2) is 101 Å². The highest BCUT2D eigenvalue weighted by atomic mass is 35.5. The standard InChI is InChI=1S/C29H18Cl4N2O2S/c30-20-5-9-23(10-6-20)34-29-35(24-11-7-21(31)8-12-24)28(36)27(38-29)15-18-1-13-25(14-2-18)37-17-19-3-4-22(32)16-26(19)33/h1-16H,17H2/b27-15-,34-29?. The molecule has 5 rings (SSSR count). The van der Waals surface area contributed by atoms with Gasteiger partial charge in [-0.1, -0.05) is 64.6 Å². The maximum Gasteiger partial charge on any atom is 0.271 e. The molecule has 4 aromatic rings. The summed E-state index contributed by atoms with van der Waals surface area (Å²) in [6, 6.07) is 27.0. The Hall–Kier alpha value is -2.93. The van der Waals surface area contributed by atoms with E-state index in [1.165, 1.54) is 11.8 Å². The van der Waals surface area contributed by atoms with Gasteiger partial charge in [-0.3, -0.25) is 9.69 Å². The minimum absolute atomic E-state index is 0.178. The molecule has 0 N–H and O–H groups in total. The third-order valence-electron chi connectivity index (χ3n) is 5.53. The second-order valence-electron chi connectivity index (χ2n) is 8.19. The van der Waals surface area contributed by atoms with Crippen LogP contribution in [-0.2, 0) is 11.4 Å². The van der Waals surface area contributed by atoms with Gasteiger partial charge in [-0.25, -0.2) is 4.99 Å². The van der Waals surface area contributed by atoms with E-state index in [9.17, 15) is 4.79 Å². The zero-order chi connectivity index (χ0) is 26.6. The first-order valence-corrected chi connectivity index (χ1v) is 13.7. The largest absolute Gasteiger partial charge is 0.489 e. The number of ether oxygens (including phenoxy) is 1. The monoisotopic (exact) mass is 598 g/mol. The number of hydrogen-bond donors (Lipinski definition) is 0. The smallest absolute Gasteiger partial charge is 0.271 e. The van der Waals surface area contributed by atoms with Gasteiger partial charge < -0.3 is 4.74 Å². The molecule has 4 aromatic carbocycles. The minimum Gasteiger partial charge on any atom is -0.489 e. The van der Waals surface area contributed by atoms with Crippen LogP contribution < -0.4 is 9.64 Å². The lowest BCUT2D eigenvalue weighted by atomic mass is 10.2. The van der Waals surface area contributed by atoms with E-state index in [0.29, 0.717) is 53.9 Å². The maximum atomic E-state index is 13.5. The lowest BCUT2D eigenvalue weighted by Crippen LogP contribution is -2.28. The molecule has 38 heavy (non-hydrogen) atoms. The predicted octanol–water partition coefficient (Wildman–Crippen LogP) is 9.69. The Morgan fingerprint density at radius 2 is 1.42 bits per heavy atom. The van der Waals surface area contributed by atoms with E-state index in [0.717, 1.165) is 11.1 Å². The van der Waals surface area contributed by atoms with Crippen LogP contribution in [0.5, 0.6) is 5.75 Å². The normalized spacial score (nSPS) is 15.5. The van der Waals surface area contributed by atoms with Gasteiger partial charge in [-0.2, -0.15) is 0 Å². The van der Waals surface area contributed by atoms with Gasteiger partial charge in [0.2, 0.25) is 0 Å². The third kappa shape index (κ3) is 6.37. The van der Waals surface area contributed by atoms with E-state index in [1.54, 1.807) is 65.6 Å². The van der Waals surface area contributed by atoms with Crippen molar-refractivity contribution in [1.29, 1.82) is 0 Å². The van der Waals surface area contributed by atoms with Crippen LogP contribution in [-0.4, -0.2) is 11.1 Å². The van der Waals surface area contributed by atoms with Crippen molar-refractivity contribution in [3.8, 4) is 5.75 Å². The molecule has 0 unspecified atom stereocenters. The highest BCUT2D eigenvalue weighted by Gasteiger charge is 2.34. The second-order valence-corrected chi connectivity index (χ2v) is 10.9. The number of benzene rings is 4. The molecular formula is C29H18Cl4N2O2S. The molecule has 0 aliphatic carbocycles. The molecule has 190 valence electrons. The fraction of sp³-hybridized carbons (Fsp3) is 0.0345. The molecule has 0 atom stereocenters. The number of carbonyl (C=O) groups is 1. The molecule has 0 bridgehead atoms. The van der Waals surface area contributed by atoms with E-state index < -0.39 is 0 Å². The van der Waals surface area contributed by atoms with Gasteiger partial charge in [0.1, 0.15) is 12.4 Å². The summed E-state index contributed by atoms with van der Waals surface area (Å²) in [6.45, 7) is 0.311. The Kier molecular flexibility index (Phi) is 8.32. The molecule has 9 heteroatoms. The van der Waals surface area contributed by atoms with Gasteiger partial charge in [0.25, 0.3) is 5.91 Å². The summed E-state index contributed by atoms with van der Waals surface area (Å²) in [5.41, 5.74) is 3.05. The van der Waals surface area contributed by atoms with Crippen LogP contribution in [0.2, 0.25) is 20.1 Å². The molecular weight excluding hydrogens is 582 g/mol. The Labute approximate surface area is 244 Å². The molecule has 1 heterocycles. The number of carbonyl (C=O) groups excluding carboxylic acids is 1. The Bertz CT molecular complexity index is 1540. The zero-order valence-corrected chi connectivity index (χ0v) is 23.4. The van der Waals surface area contributed by atoms with Crippen molar-refractivity contribution in [2.75, 3.05) is 4.90 Å². The van der Waals surface area contributed by atoms with Crippen molar-refractivity contribution in [2.45, 2.75) is 6.61 Å². The van der Waals surface area contributed by atoms with Gasteiger partial charge in [-0.15, -0.1) is 0 Å². The molecule has 1 fully saturated rings. The summed E-state index contributed by atoms with van der Waals surface area (Å²) in [6.07, 6.45) is 1.83. The van der Waals surface area contributed by atoms with Crippen molar-refractivity contribution in [2.24, 2.45) is 4.99 Å². The van der Waals surface area contributed by atoms with Crippen LogP contribution in [0.3, 0.4) is 0 Å². The van der Waals surface area contributed by atoms with Crippen molar-refractivity contribution in [1.82, 2.24) is 0 Å². The van der Waals surface area contributed by atoms with Crippen molar-refractivity contribution in [3.05, 3.63) is 127 Å². The fourth-order valence-electron chi connectivity index (χ4n) is 3.60. The van der Waals surface area contributed by atoms with Crippen LogP contribution in [0.1, 0.15) is 11.1 Å². The van der Waals surface area contributed by atoms with Gasteiger partial charge >= 0.3 is 0 Å². The summed E-state index contributed by atoms with van der Waals surface area (Å²) >= 11 is 25.6. The highest BCUT2D eigenvalue weighted by molar-refractivity contribution is 8.19. The average molecular weight is 600 g/mol. The fourth-order valence-corrected chi connectivity index (χ4v) is 5.32. The maximum absolute atomic E-state index is 13.5.